The van der Waals surface area contributed by atoms with Crippen LogP contribution in [-0.2, 0) is 9.47 Å². The van der Waals surface area contributed by atoms with E-state index in [1.807, 2.05) is 14.0 Å². The van der Waals surface area contributed by atoms with E-state index in [2.05, 4.69) is 9.88 Å². The van der Waals surface area contributed by atoms with Crippen molar-refractivity contribution in [1.29, 1.82) is 0 Å². The van der Waals surface area contributed by atoms with Crippen LogP contribution in [0, 0.1) is 12.8 Å². The first kappa shape index (κ1) is 14.3. The molecule has 0 aliphatic carbocycles. The van der Waals surface area contributed by atoms with Crippen molar-refractivity contribution in [3.8, 4) is 0 Å². The number of ether oxygens (including phenoxy) is 2. The molecule has 1 unspecified atom stereocenters. The van der Waals surface area contributed by atoms with Crippen LogP contribution in [0.2, 0.25) is 0 Å². The van der Waals surface area contributed by atoms with Gasteiger partial charge in [0, 0.05) is 25.1 Å². The fraction of sp³-hybridized carbons (Fsp3) is 0.692. The van der Waals surface area contributed by atoms with Crippen molar-refractivity contribution in [2.24, 2.45) is 5.92 Å². The molecule has 2 rings (SSSR count). The summed E-state index contributed by atoms with van der Waals surface area (Å²) in [5.41, 5.74) is 0.425. The van der Waals surface area contributed by atoms with Crippen LogP contribution in [0.3, 0.4) is 0 Å². The summed E-state index contributed by atoms with van der Waals surface area (Å²) >= 11 is 1.53. The zero-order valence-electron chi connectivity index (χ0n) is 11.6. The highest BCUT2D eigenvalue weighted by atomic mass is 32.1. The summed E-state index contributed by atoms with van der Waals surface area (Å²) in [5.74, 6) is 0.180. The maximum absolute atomic E-state index is 11.5. The fourth-order valence-electron chi connectivity index (χ4n) is 2.25. The Labute approximate surface area is 117 Å². The lowest BCUT2D eigenvalue weighted by Crippen LogP contribution is -2.30. The van der Waals surface area contributed by atoms with Gasteiger partial charge in [0.2, 0.25) is 0 Å². The van der Waals surface area contributed by atoms with Gasteiger partial charge in [0.05, 0.1) is 13.7 Å². The highest BCUT2D eigenvalue weighted by Gasteiger charge is 2.21. The standard InChI is InChI=1S/C13H20N2O3S/c1-9-11(12(16)17-3)14-13(19-9)15(2)7-10-5-4-6-18-8-10/h10H,4-8H2,1-3H3. The molecule has 0 amide bonds. The van der Waals surface area contributed by atoms with Crippen LogP contribution in [0.5, 0.6) is 0 Å². The quantitative estimate of drug-likeness (QED) is 0.793. The minimum absolute atomic E-state index is 0.366. The lowest BCUT2D eigenvalue weighted by atomic mass is 10.0. The number of aromatic nitrogens is 1. The van der Waals surface area contributed by atoms with Crippen LogP contribution in [0.15, 0.2) is 0 Å². The molecule has 1 atom stereocenters. The number of esters is 1. The number of aryl methyl sites for hydroxylation is 1. The highest BCUT2D eigenvalue weighted by molar-refractivity contribution is 7.15. The Morgan fingerprint density at radius 2 is 2.42 bits per heavy atom. The molecule has 5 nitrogen and oxygen atoms in total. The molecule has 6 heteroatoms. The van der Waals surface area contributed by atoms with Crippen LogP contribution >= 0.6 is 11.3 Å². The summed E-state index contributed by atoms with van der Waals surface area (Å²) in [4.78, 5) is 18.9. The molecular weight excluding hydrogens is 264 g/mol. The molecule has 19 heavy (non-hydrogen) atoms. The molecule has 1 aromatic heterocycles. The second-order valence-electron chi connectivity index (χ2n) is 4.86. The van der Waals surface area contributed by atoms with Crippen LogP contribution in [0.4, 0.5) is 5.13 Å². The maximum Gasteiger partial charge on any atom is 0.357 e. The average molecular weight is 284 g/mol. The van der Waals surface area contributed by atoms with Gasteiger partial charge < -0.3 is 14.4 Å². The molecule has 106 valence electrons. The summed E-state index contributed by atoms with van der Waals surface area (Å²) < 4.78 is 10.2. The molecular formula is C13H20N2O3S. The summed E-state index contributed by atoms with van der Waals surface area (Å²) in [6.45, 7) is 4.50. The minimum Gasteiger partial charge on any atom is -0.464 e. The summed E-state index contributed by atoms with van der Waals surface area (Å²) in [6.07, 6.45) is 2.32. The smallest absolute Gasteiger partial charge is 0.357 e. The zero-order valence-corrected chi connectivity index (χ0v) is 12.5. The molecule has 0 N–H and O–H groups in total. The summed E-state index contributed by atoms with van der Waals surface area (Å²) in [5, 5.41) is 0.864. The van der Waals surface area contributed by atoms with Gasteiger partial charge in [-0.15, -0.1) is 11.3 Å². The highest BCUT2D eigenvalue weighted by Crippen LogP contribution is 2.27. The number of thiazole rings is 1. The third-order valence-corrected chi connectivity index (χ3v) is 4.36. The molecule has 0 saturated carbocycles. The first-order valence-electron chi connectivity index (χ1n) is 6.46. The molecule has 1 aromatic rings. The Morgan fingerprint density at radius 1 is 1.63 bits per heavy atom. The number of hydrogen-bond acceptors (Lipinski definition) is 6. The van der Waals surface area contributed by atoms with Crippen molar-refractivity contribution < 1.29 is 14.3 Å². The number of methoxy groups -OCH3 is 1. The van der Waals surface area contributed by atoms with E-state index < -0.39 is 0 Å². The number of carbonyl (C=O) groups excluding carboxylic acids is 1. The lowest BCUT2D eigenvalue weighted by Gasteiger charge is -2.26. The molecule has 1 aliphatic heterocycles. The van der Waals surface area contributed by atoms with E-state index in [9.17, 15) is 4.79 Å². The lowest BCUT2D eigenvalue weighted by molar-refractivity contribution is 0.0575. The molecule has 0 spiro atoms. The SMILES string of the molecule is COC(=O)c1nc(N(C)CC2CCCOC2)sc1C. The van der Waals surface area contributed by atoms with E-state index in [0.29, 0.717) is 11.6 Å². The monoisotopic (exact) mass is 284 g/mol. The average Bonchev–Trinajstić information content (AvgIpc) is 2.81. The van der Waals surface area contributed by atoms with Gasteiger partial charge in [0.25, 0.3) is 0 Å². The molecule has 0 aromatic carbocycles. The van der Waals surface area contributed by atoms with Gasteiger partial charge in [-0.3, -0.25) is 0 Å². The molecule has 1 aliphatic rings. The van der Waals surface area contributed by atoms with Gasteiger partial charge in [0.1, 0.15) is 0 Å². The van der Waals surface area contributed by atoms with Crippen LogP contribution in [-0.4, -0.2) is 44.9 Å². The van der Waals surface area contributed by atoms with Crippen molar-refractivity contribution in [2.45, 2.75) is 19.8 Å². The fourth-order valence-corrected chi connectivity index (χ4v) is 3.12. The first-order chi connectivity index (χ1) is 9.11. The zero-order chi connectivity index (χ0) is 13.8. The minimum atomic E-state index is -0.366. The second-order valence-corrected chi connectivity index (χ2v) is 6.04. The van der Waals surface area contributed by atoms with Crippen molar-refractivity contribution in [1.82, 2.24) is 4.98 Å². The third-order valence-electron chi connectivity index (χ3n) is 3.28. The Kier molecular flexibility index (Phi) is 4.76. The van der Waals surface area contributed by atoms with Crippen molar-refractivity contribution in [3.05, 3.63) is 10.6 Å². The van der Waals surface area contributed by atoms with E-state index in [1.54, 1.807) is 0 Å². The number of nitrogens with zero attached hydrogens (tertiary/aromatic N) is 2. The van der Waals surface area contributed by atoms with Crippen molar-refractivity contribution in [2.75, 3.05) is 38.8 Å². The molecule has 0 bridgehead atoms. The Bertz CT molecular complexity index is 441. The van der Waals surface area contributed by atoms with Gasteiger partial charge in [-0.05, 0) is 25.7 Å². The van der Waals surface area contributed by atoms with Crippen LogP contribution in [0.1, 0.15) is 28.2 Å². The first-order valence-corrected chi connectivity index (χ1v) is 7.28. The van der Waals surface area contributed by atoms with Gasteiger partial charge in [-0.1, -0.05) is 0 Å². The van der Waals surface area contributed by atoms with Crippen molar-refractivity contribution >= 4 is 22.4 Å². The van der Waals surface area contributed by atoms with E-state index in [-0.39, 0.29) is 5.97 Å². The van der Waals surface area contributed by atoms with E-state index in [0.717, 1.165) is 36.2 Å². The van der Waals surface area contributed by atoms with E-state index in [1.165, 1.54) is 24.9 Å². The topological polar surface area (TPSA) is 51.7 Å². The van der Waals surface area contributed by atoms with Gasteiger partial charge >= 0.3 is 5.97 Å². The van der Waals surface area contributed by atoms with Crippen molar-refractivity contribution in [3.63, 3.8) is 0 Å². The normalized spacial score (nSPS) is 19.2. The summed E-state index contributed by atoms with van der Waals surface area (Å²) in [6, 6.07) is 0. The largest absolute Gasteiger partial charge is 0.464 e. The summed E-state index contributed by atoms with van der Waals surface area (Å²) in [7, 11) is 3.39. The van der Waals surface area contributed by atoms with Gasteiger partial charge in [-0.2, -0.15) is 0 Å². The number of anilines is 1. The van der Waals surface area contributed by atoms with Gasteiger partial charge in [-0.25, -0.2) is 9.78 Å². The molecule has 1 fully saturated rings. The van der Waals surface area contributed by atoms with E-state index >= 15 is 0 Å². The predicted molar refractivity (Wildman–Crippen MR) is 75.0 cm³/mol. The Hall–Kier alpha value is -1.14. The van der Waals surface area contributed by atoms with E-state index in [4.69, 9.17) is 9.47 Å². The number of carbonyl (C=O) groups is 1. The number of hydrogen-bond donors (Lipinski definition) is 0. The Balaban J connectivity index is 2.02. The molecule has 1 saturated heterocycles. The predicted octanol–water partition coefficient (Wildman–Crippen LogP) is 2.10. The van der Waals surface area contributed by atoms with Crippen LogP contribution in [0.25, 0.3) is 0 Å². The molecule has 0 radical (unpaired) electrons. The second kappa shape index (κ2) is 6.34. The third kappa shape index (κ3) is 3.45. The maximum atomic E-state index is 11.5. The Morgan fingerprint density at radius 3 is 3.05 bits per heavy atom. The molecule has 2 heterocycles. The van der Waals surface area contributed by atoms with Crippen LogP contribution < -0.4 is 4.90 Å². The number of rotatable bonds is 4. The van der Waals surface area contributed by atoms with Gasteiger partial charge in [0.15, 0.2) is 10.8 Å².